The van der Waals surface area contributed by atoms with Crippen LogP contribution in [0.5, 0.6) is 0 Å². The number of hydrogen-bond donors (Lipinski definition) is 4. The Bertz CT molecular complexity index is 175. The Morgan fingerprint density at radius 1 is 0.526 bits per heavy atom. The van der Waals surface area contributed by atoms with E-state index in [1.54, 1.807) is 13.8 Å². The molecule has 0 aromatic heterocycles. The second-order valence-corrected chi connectivity index (χ2v) is 5.67. The zero-order valence-corrected chi connectivity index (χ0v) is 12.5. The zero-order valence-electron chi connectivity index (χ0n) is 12.5. The van der Waals surface area contributed by atoms with Gasteiger partial charge in [0.1, 0.15) is 0 Å². The summed E-state index contributed by atoms with van der Waals surface area (Å²) in [4.78, 5) is 0. The SMILES string of the molecule is CC(O)C(O)CCCCCCCCCC(O)C(C)O. The Morgan fingerprint density at radius 3 is 1.05 bits per heavy atom. The summed E-state index contributed by atoms with van der Waals surface area (Å²) in [7, 11) is 0. The summed E-state index contributed by atoms with van der Waals surface area (Å²) in [6.45, 7) is 3.23. The largest absolute Gasteiger partial charge is 0.391 e. The van der Waals surface area contributed by atoms with Crippen LogP contribution < -0.4 is 0 Å². The normalized spacial score (nSPS) is 18.0. The number of rotatable bonds is 12. The van der Waals surface area contributed by atoms with Crippen LogP contribution >= 0.6 is 0 Å². The van der Waals surface area contributed by atoms with Crippen molar-refractivity contribution in [2.45, 2.75) is 96.1 Å². The van der Waals surface area contributed by atoms with Crippen molar-refractivity contribution in [1.82, 2.24) is 0 Å². The molecular weight excluding hydrogens is 244 g/mol. The van der Waals surface area contributed by atoms with Crippen molar-refractivity contribution >= 4 is 0 Å². The van der Waals surface area contributed by atoms with Crippen molar-refractivity contribution in [1.29, 1.82) is 0 Å². The van der Waals surface area contributed by atoms with Crippen LogP contribution in [0, 0.1) is 0 Å². The van der Waals surface area contributed by atoms with Crippen LogP contribution in [0.15, 0.2) is 0 Å². The molecule has 0 aromatic rings. The van der Waals surface area contributed by atoms with Crippen molar-refractivity contribution in [3.8, 4) is 0 Å². The van der Waals surface area contributed by atoms with Gasteiger partial charge in [0.2, 0.25) is 0 Å². The predicted octanol–water partition coefficient (Wildman–Crippen LogP) is 1.98. The fourth-order valence-corrected chi connectivity index (χ4v) is 2.07. The number of hydrogen-bond acceptors (Lipinski definition) is 4. The van der Waals surface area contributed by atoms with Crippen molar-refractivity contribution in [2.75, 3.05) is 0 Å². The molecule has 0 radical (unpaired) electrons. The predicted molar refractivity (Wildman–Crippen MR) is 76.9 cm³/mol. The molecule has 19 heavy (non-hydrogen) atoms. The van der Waals surface area contributed by atoms with E-state index >= 15 is 0 Å². The molecule has 4 N–H and O–H groups in total. The molecule has 0 heterocycles. The highest BCUT2D eigenvalue weighted by atomic mass is 16.3. The molecule has 0 aromatic carbocycles. The van der Waals surface area contributed by atoms with Crippen LogP contribution in [0.25, 0.3) is 0 Å². The minimum absolute atomic E-state index is 0.582. The molecule has 0 saturated carbocycles. The van der Waals surface area contributed by atoms with E-state index in [0.29, 0.717) is 12.8 Å². The maximum atomic E-state index is 9.40. The molecule has 0 aliphatic rings. The van der Waals surface area contributed by atoms with Gasteiger partial charge < -0.3 is 20.4 Å². The third kappa shape index (κ3) is 11.4. The highest BCUT2D eigenvalue weighted by Crippen LogP contribution is 2.13. The first-order valence-electron chi connectivity index (χ1n) is 7.67. The van der Waals surface area contributed by atoms with Gasteiger partial charge in [-0.05, 0) is 26.7 Å². The maximum Gasteiger partial charge on any atom is 0.0796 e. The van der Waals surface area contributed by atoms with E-state index in [1.807, 2.05) is 0 Å². The Morgan fingerprint density at radius 2 is 0.789 bits per heavy atom. The second-order valence-electron chi connectivity index (χ2n) is 5.67. The molecule has 0 spiro atoms. The highest BCUT2D eigenvalue weighted by Gasteiger charge is 2.10. The molecule has 4 heteroatoms. The lowest BCUT2D eigenvalue weighted by Crippen LogP contribution is -2.22. The van der Waals surface area contributed by atoms with E-state index in [1.165, 1.54) is 6.42 Å². The number of aliphatic hydroxyl groups excluding tert-OH is 4. The van der Waals surface area contributed by atoms with Crippen molar-refractivity contribution < 1.29 is 20.4 Å². The second kappa shape index (κ2) is 11.6. The first kappa shape index (κ1) is 18.8. The van der Waals surface area contributed by atoms with Gasteiger partial charge in [-0.25, -0.2) is 0 Å². The van der Waals surface area contributed by atoms with Crippen LogP contribution in [0.1, 0.15) is 71.6 Å². The van der Waals surface area contributed by atoms with Gasteiger partial charge in [0, 0.05) is 0 Å². The highest BCUT2D eigenvalue weighted by molar-refractivity contribution is 4.63. The summed E-state index contributed by atoms with van der Waals surface area (Å²) in [5.41, 5.74) is 0. The van der Waals surface area contributed by atoms with Gasteiger partial charge in [-0.3, -0.25) is 0 Å². The van der Waals surface area contributed by atoms with Crippen LogP contribution in [-0.2, 0) is 0 Å². The fraction of sp³-hybridized carbons (Fsp3) is 1.00. The quantitative estimate of drug-likeness (QED) is 0.411. The van der Waals surface area contributed by atoms with E-state index in [0.717, 1.165) is 38.5 Å². The van der Waals surface area contributed by atoms with Crippen molar-refractivity contribution in [2.24, 2.45) is 0 Å². The van der Waals surface area contributed by atoms with Gasteiger partial charge in [-0.15, -0.1) is 0 Å². The van der Waals surface area contributed by atoms with Gasteiger partial charge in [-0.1, -0.05) is 44.9 Å². The molecule has 0 saturated heterocycles. The Hall–Kier alpha value is -0.160. The molecule has 116 valence electrons. The van der Waals surface area contributed by atoms with E-state index < -0.39 is 24.4 Å². The average Bonchev–Trinajstić information content (AvgIpc) is 2.35. The third-order valence-electron chi connectivity index (χ3n) is 3.61. The summed E-state index contributed by atoms with van der Waals surface area (Å²) < 4.78 is 0. The van der Waals surface area contributed by atoms with Crippen LogP contribution in [-0.4, -0.2) is 44.8 Å². The van der Waals surface area contributed by atoms with Gasteiger partial charge in [-0.2, -0.15) is 0 Å². The molecule has 0 bridgehead atoms. The lowest BCUT2D eigenvalue weighted by atomic mass is 10.0. The first-order valence-corrected chi connectivity index (χ1v) is 7.67. The Labute approximate surface area is 117 Å². The van der Waals surface area contributed by atoms with E-state index in [2.05, 4.69) is 0 Å². The molecule has 0 amide bonds. The molecule has 4 atom stereocenters. The lowest BCUT2D eigenvalue weighted by Gasteiger charge is -2.13. The van der Waals surface area contributed by atoms with E-state index in [-0.39, 0.29) is 0 Å². The van der Waals surface area contributed by atoms with E-state index in [4.69, 9.17) is 10.2 Å². The minimum atomic E-state index is -0.625. The Balaban J connectivity index is 3.19. The topological polar surface area (TPSA) is 80.9 Å². The van der Waals surface area contributed by atoms with Crippen LogP contribution in [0.3, 0.4) is 0 Å². The molecule has 4 nitrogen and oxygen atoms in total. The molecular formula is C15H32O4. The standard InChI is InChI=1S/C15H32O4/c1-12(16)14(18)10-8-6-4-3-5-7-9-11-15(19)13(2)17/h12-19H,3-11H2,1-2H3. The zero-order chi connectivity index (χ0) is 14.7. The summed E-state index contributed by atoms with van der Waals surface area (Å²) >= 11 is 0. The molecule has 0 rings (SSSR count). The maximum absolute atomic E-state index is 9.40. The fourth-order valence-electron chi connectivity index (χ4n) is 2.07. The minimum Gasteiger partial charge on any atom is -0.391 e. The Kier molecular flexibility index (Phi) is 11.6. The summed E-state index contributed by atoms with van der Waals surface area (Å²) in [5, 5.41) is 37.0. The first-order chi connectivity index (χ1) is 8.95. The third-order valence-corrected chi connectivity index (χ3v) is 3.61. The summed E-state index contributed by atoms with van der Waals surface area (Å²) in [6.07, 6.45) is 6.56. The van der Waals surface area contributed by atoms with E-state index in [9.17, 15) is 10.2 Å². The monoisotopic (exact) mass is 276 g/mol. The van der Waals surface area contributed by atoms with Crippen molar-refractivity contribution in [3.05, 3.63) is 0 Å². The van der Waals surface area contributed by atoms with Gasteiger partial charge >= 0.3 is 0 Å². The number of unbranched alkanes of at least 4 members (excludes halogenated alkanes) is 6. The lowest BCUT2D eigenvalue weighted by molar-refractivity contribution is 0.0244. The average molecular weight is 276 g/mol. The molecule has 4 unspecified atom stereocenters. The smallest absolute Gasteiger partial charge is 0.0796 e. The van der Waals surface area contributed by atoms with Gasteiger partial charge in [0.15, 0.2) is 0 Å². The molecule has 0 aliphatic heterocycles. The summed E-state index contributed by atoms with van der Waals surface area (Å²) in [6, 6.07) is 0. The molecule has 0 fully saturated rings. The summed E-state index contributed by atoms with van der Waals surface area (Å²) in [5.74, 6) is 0. The number of aliphatic hydroxyl groups is 4. The van der Waals surface area contributed by atoms with Crippen LogP contribution in [0.2, 0.25) is 0 Å². The molecule has 0 aliphatic carbocycles. The van der Waals surface area contributed by atoms with Crippen LogP contribution in [0.4, 0.5) is 0 Å². The van der Waals surface area contributed by atoms with Crippen molar-refractivity contribution in [3.63, 3.8) is 0 Å². The van der Waals surface area contributed by atoms with Gasteiger partial charge in [0.05, 0.1) is 24.4 Å². The van der Waals surface area contributed by atoms with Gasteiger partial charge in [0.25, 0.3) is 0 Å².